The van der Waals surface area contributed by atoms with E-state index >= 15 is 0 Å². The molecule has 1 rings (SSSR count). The predicted molar refractivity (Wildman–Crippen MR) is 54.4 cm³/mol. The molecule has 0 unspecified atom stereocenters. The molecule has 0 radical (unpaired) electrons. The number of hydrogen-bond acceptors (Lipinski definition) is 4. The van der Waals surface area contributed by atoms with E-state index in [9.17, 15) is 0 Å². The Morgan fingerprint density at radius 3 is 3.00 bits per heavy atom. The highest BCUT2D eigenvalue weighted by atomic mass is 15.4. The van der Waals surface area contributed by atoms with Crippen molar-refractivity contribution in [3.8, 4) is 11.8 Å². The van der Waals surface area contributed by atoms with Crippen LogP contribution in [0.2, 0.25) is 0 Å². The van der Waals surface area contributed by atoms with Crippen LogP contribution < -0.4 is 5.73 Å². The predicted octanol–water partition coefficient (Wildman–Crippen LogP) is -0.943. The van der Waals surface area contributed by atoms with Gasteiger partial charge in [-0.05, 0) is 13.0 Å². The lowest BCUT2D eigenvalue weighted by molar-refractivity contribution is 0.386. The molecular formula is C9H15N5. The maximum absolute atomic E-state index is 5.40. The molecule has 0 aliphatic heterocycles. The van der Waals surface area contributed by atoms with Crippen LogP contribution >= 0.6 is 0 Å². The van der Waals surface area contributed by atoms with E-state index in [1.54, 1.807) is 13.2 Å². The number of aromatic nitrogens is 3. The molecule has 1 aromatic rings. The van der Waals surface area contributed by atoms with Crippen molar-refractivity contribution in [3.63, 3.8) is 0 Å². The summed E-state index contributed by atoms with van der Waals surface area (Å²) in [7, 11) is 3.75. The molecule has 0 spiro atoms. The maximum Gasteiger partial charge on any atom is 0.155 e. The molecule has 5 nitrogen and oxygen atoms in total. The Bertz CT molecular complexity index is 332. The van der Waals surface area contributed by atoms with Crippen molar-refractivity contribution in [3.05, 3.63) is 11.9 Å². The zero-order chi connectivity index (χ0) is 10.4. The average Bonchev–Trinajstić information content (AvgIpc) is 2.52. The van der Waals surface area contributed by atoms with Gasteiger partial charge in [0, 0.05) is 20.1 Å². The van der Waals surface area contributed by atoms with Crippen LogP contribution in [0, 0.1) is 11.8 Å². The zero-order valence-corrected chi connectivity index (χ0v) is 8.56. The molecular weight excluding hydrogens is 178 g/mol. The highest BCUT2D eigenvalue weighted by Gasteiger charge is 1.93. The average molecular weight is 193 g/mol. The second kappa shape index (κ2) is 5.37. The van der Waals surface area contributed by atoms with E-state index in [2.05, 4.69) is 26.9 Å². The molecule has 0 atom stereocenters. The molecule has 0 bridgehead atoms. The number of likely N-dealkylation sites (N-methyl/N-ethyl adjacent to an activating group) is 1. The first-order valence-electron chi connectivity index (χ1n) is 4.46. The lowest BCUT2D eigenvalue weighted by atomic mass is 10.4. The summed E-state index contributed by atoms with van der Waals surface area (Å²) in [5, 5.41) is 7.96. The molecule has 0 aliphatic rings. The molecule has 5 heteroatoms. The Morgan fingerprint density at radius 1 is 1.64 bits per heavy atom. The maximum atomic E-state index is 5.40. The summed E-state index contributed by atoms with van der Waals surface area (Å²) in [6, 6.07) is 0. The van der Waals surface area contributed by atoms with E-state index in [1.807, 2.05) is 7.05 Å². The van der Waals surface area contributed by atoms with Gasteiger partial charge in [0.25, 0.3) is 0 Å². The van der Waals surface area contributed by atoms with Crippen molar-refractivity contribution < 1.29 is 0 Å². The Hall–Kier alpha value is -1.38. The van der Waals surface area contributed by atoms with E-state index in [0.717, 1.165) is 6.54 Å². The molecule has 0 saturated carbocycles. The standard InChI is InChI=1S/C9H15N5/c1-13(7-5-10)6-3-4-9-8-11-14(2)12-9/h8H,5-7,10H2,1-2H3. The number of nitrogens with two attached hydrogens (primary N) is 1. The fourth-order valence-corrected chi connectivity index (χ4v) is 0.968. The van der Waals surface area contributed by atoms with Gasteiger partial charge in [0.15, 0.2) is 5.69 Å². The summed E-state index contributed by atoms with van der Waals surface area (Å²) >= 11 is 0. The number of aryl methyl sites for hydroxylation is 1. The number of nitrogens with zero attached hydrogens (tertiary/aromatic N) is 4. The third-order valence-corrected chi connectivity index (χ3v) is 1.68. The normalized spacial score (nSPS) is 10.0. The third-order valence-electron chi connectivity index (χ3n) is 1.68. The molecule has 1 aromatic heterocycles. The monoisotopic (exact) mass is 193 g/mol. The fraction of sp³-hybridized carbons (Fsp3) is 0.556. The lowest BCUT2D eigenvalue weighted by Crippen LogP contribution is -2.25. The van der Waals surface area contributed by atoms with Gasteiger partial charge in [-0.15, -0.1) is 5.10 Å². The minimum absolute atomic E-state index is 0.656. The van der Waals surface area contributed by atoms with Crippen molar-refractivity contribution in [2.24, 2.45) is 12.8 Å². The van der Waals surface area contributed by atoms with Crippen molar-refractivity contribution in [1.29, 1.82) is 0 Å². The van der Waals surface area contributed by atoms with E-state index in [0.29, 0.717) is 18.8 Å². The van der Waals surface area contributed by atoms with Crippen molar-refractivity contribution in [2.45, 2.75) is 0 Å². The van der Waals surface area contributed by atoms with Crippen LogP contribution in [0.4, 0.5) is 0 Å². The summed E-state index contributed by atoms with van der Waals surface area (Å²) in [4.78, 5) is 3.55. The Kier molecular flexibility index (Phi) is 4.11. The van der Waals surface area contributed by atoms with Gasteiger partial charge in [-0.25, -0.2) is 0 Å². The van der Waals surface area contributed by atoms with Gasteiger partial charge >= 0.3 is 0 Å². The fourth-order valence-electron chi connectivity index (χ4n) is 0.968. The quantitative estimate of drug-likeness (QED) is 0.629. The second-order valence-corrected chi connectivity index (χ2v) is 3.05. The molecule has 0 aliphatic carbocycles. The molecule has 2 N–H and O–H groups in total. The molecule has 1 heterocycles. The Labute approximate surface area is 83.9 Å². The number of hydrogen-bond donors (Lipinski definition) is 1. The van der Waals surface area contributed by atoms with Gasteiger partial charge in [0.2, 0.25) is 0 Å². The van der Waals surface area contributed by atoms with E-state index < -0.39 is 0 Å². The Morgan fingerprint density at radius 2 is 2.43 bits per heavy atom. The molecule has 14 heavy (non-hydrogen) atoms. The van der Waals surface area contributed by atoms with Crippen LogP contribution in [0.5, 0.6) is 0 Å². The van der Waals surface area contributed by atoms with Crippen LogP contribution in [-0.4, -0.2) is 46.6 Å². The van der Waals surface area contributed by atoms with Crippen molar-refractivity contribution in [1.82, 2.24) is 19.9 Å². The number of rotatable bonds is 3. The minimum atomic E-state index is 0.656. The van der Waals surface area contributed by atoms with Crippen LogP contribution in [0.15, 0.2) is 6.20 Å². The van der Waals surface area contributed by atoms with E-state index in [-0.39, 0.29) is 0 Å². The first-order chi connectivity index (χ1) is 6.72. The topological polar surface area (TPSA) is 60.0 Å². The van der Waals surface area contributed by atoms with Gasteiger partial charge in [0.1, 0.15) is 0 Å². The second-order valence-electron chi connectivity index (χ2n) is 3.05. The van der Waals surface area contributed by atoms with Crippen LogP contribution in [-0.2, 0) is 7.05 Å². The molecule has 0 fully saturated rings. The molecule has 0 saturated heterocycles. The largest absolute Gasteiger partial charge is 0.329 e. The van der Waals surface area contributed by atoms with Gasteiger partial charge in [-0.2, -0.15) is 9.90 Å². The van der Waals surface area contributed by atoms with Gasteiger partial charge in [-0.1, -0.05) is 5.92 Å². The lowest BCUT2D eigenvalue weighted by Gasteiger charge is -2.09. The highest BCUT2D eigenvalue weighted by molar-refractivity contribution is 5.23. The van der Waals surface area contributed by atoms with Crippen LogP contribution in [0.25, 0.3) is 0 Å². The SMILES string of the molecule is CN(CC#Cc1cnn(C)n1)CCN. The minimum Gasteiger partial charge on any atom is -0.329 e. The smallest absolute Gasteiger partial charge is 0.155 e. The first-order valence-corrected chi connectivity index (χ1v) is 4.46. The zero-order valence-electron chi connectivity index (χ0n) is 8.56. The van der Waals surface area contributed by atoms with Crippen molar-refractivity contribution >= 4 is 0 Å². The molecule has 0 amide bonds. The highest BCUT2D eigenvalue weighted by Crippen LogP contribution is 1.85. The molecule has 76 valence electrons. The Balaban J connectivity index is 2.40. The van der Waals surface area contributed by atoms with Crippen LogP contribution in [0.1, 0.15) is 5.69 Å². The summed E-state index contributed by atoms with van der Waals surface area (Å²) in [6.45, 7) is 2.21. The summed E-state index contributed by atoms with van der Waals surface area (Å²) in [5.74, 6) is 5.93. The molecule has 0 aromatic carbocycles. The van der Waals surface area contributed by atoms with Gasteiger partial charge in [0.05, 0.1) is 12.7 Å². The third kappa shape index (κ3) is 3.56. The van der Waals surface area contributed by atoms with Gasteiger partial charge < -0.3 is 5.73 Å². The van der Waals surface area contributed by atoms with Gasteiger partial charge in [-0.3, -0.25) is 4.90 Å². The summed E-state index contributed by atoms with van der Waals surface area (Å²) in [6.07, 6.45) is 1.65. The van der Waals surface area contributed by atoms with Crippen molar-refractivity contribution in [2.75, 3.05) is 26.7 Å². The van der Waals surface area contributed by atoms with Crippen LogP contribution in [0.3, 0.4) is 0 Å². The first kappa shape index (κ1) is 10.7. The van der Waals surface area contributed by atoms with E-state index in [1.165, 1.54) is 4.80 Å². The van der Waals surface area contributed by atoms with E-state index in [4.69, 9.17) is 5.73 Å². The summed E-state index contributed by atoms with van der Waals surface area (Å²) < 4.78 is 0. The summed E-state index contributed by atoms with van der Waals surface area (Å²) in [5.41, 5.74) is 6.10.